The molecule has 1 unspecified atom stereocenters. The Morgan fingerprint density at radius 1 is 1.65 bits per heavy atom. The average Bonchev–Trinajstić information content (AvgIpc) is 2.87. The second-order valence-electron chi connectivity index (χ2n) is 4.23. The van der Waals surface area contributed by atoms with Crippen LogP contribution in [-0.2, 0) is 16.1 Å². The molecule has 0 aromatic carbocycles. The molecule has 0 bridgehead atoms. The maximum Gasteiger partial charge on any atom is 0.223 e. The predicted molar refractivity (Wildman–Crippen MR) is 71.0 cm³/mol. The van der Waals surface area contributed by atoms with E-state index in [2.05, 4.69) is 6.07 Å². The molecule has 1 fully saturated rings. The number of thioether (sulfide) groups is 1. The molecule has 3 nitrogen and oxygen atoms in total. The molecule has 1 atom stereocenters. The number of hydrogen-bond acceptors (Lipinski definition) is 4. The van der Waals surface area contributed by atoms with E-state index in [0.717, 1.165) is 18.8 Å². The van der Waals surface area contributed by atoms with Gasteiger partial charge in [-0.1, -0.05) is 17.8 Å². The summed E-state index contributed by atoms with van der Waals surface area (Å²) in [6.07, 6.45) is 0.589. The van der Waals surface area contributed by atoms with E-state index in [1.165, 1.54) is 16.6 Å². The number of likely N-dealkylation sites (tertiary alicyclic amines) is 1. The first-order valence-electron chi connectivity index (χ1n) is 5.58. The first-order chi connectivity index (χ1) is 8.15. The monoisotopic (exact) mass is 269 g/mol. The number of amides is 1. The van der Waals surface area contributed by atoms with Crippen molar-refractivity contribution in [3.05, 3.63) is 22.4 Å². The zero-order valence-electron chi connectivity index (χ0n) is 9.72. The Morgan fingerprint density at radius 2 is 2.47 bits per heavy atom. The fraction of sp³-hybridized carbons (Fsp3) is 0.500. The number of thiophene rings is 1. The van der Waals surface area contributed by atoms with E-state index in [-0.39, 0.29) is 11.0 Å². The number of rotatable bonds is 4. The van der Waals surface area contributed by atoms with Crippen molar-refractivity contribution in [1.29, 1.82) is 0 Å². The van der Waals surface area contributed by atoms with Crippen molar-refractivity contribution in [1.82, 2.24) is 4.90 Å². The van der Waals surface area contributed by atoms with Crippen molar-refractivity contribution in [2.24, 2.45) is 5.92 Å². The van der Waals surface area contributed by atoms with Crippen LogP contribution >= 0.6 is 23.1 Å². The molecule has 1 amide bonds. The summed E-state index contributed by atoms with van der Waals surface area (Å²) in [5.41, 5.74) is 0. The van der Waals surface area contributed by atoms with Crippen LogP contribution in [0.3, 0.4) is 0 Å². The fourth-order valence-electron chi connectivity index (χ4n) is 1.94. The maximum absolute atomic E-state index is 11.8. The normalized spacial score (nSPS) is 19.9. The van der Waals surface area contributed by atoms with Gasteiger partial charge in [0.15, 0.2) is 5.12 Å². The molecule has 17 heavy (non-hydrogen) atoms. The number of hydrogen-bond donors (Lipinski definition) is 0. The van der Waals surface area contributed by atoms with Gasteiger partial charge in [0.25, 0.3) is 0 Å². The topological polar surface area (TPSA) is 37.4 Å². The highest BCUT2D eigenvalue weighted by atomic mass is 32.2. The standard InChI is InChI=1S/C12H15NO2S2/c1-9(14)17-8-10-5-12(15)13(6-10)7-11-3-2-4-16-11/h2-4,10H,5-8H2,1H3. The Hall–Kier alpha value is -0.810. The van der Waals surface area contributed by atoms with E-state index in [1.807, 2.05) is 16.3 Å². The van der Waals surface area contributed by atoms with Crippen molar-refractivity contribution in [3.63, 3.8) is 0 Å². The molecule has 1 aromatic heterocycles. The Labute approximate surface area is 109 Å². The molecular weight excluding hydrogens is 254 g/mol. The third kappa shape index (κ3) is 3.57. The average molecular weight is 269 g/mol. The SMILES string of the molecule is CC(=O)SCC1CC(=O)N(Cc2cccs2)C1. The van der Waals surface area contributed by atoms with Crippen molar-refractivity contribution < 1.29 is 9.59 Å². The Balaban J connectivity index is 1.85. The van der Waals surface area contributed by atoms with Gasteiger partial charge in [-0.25, -0.2) is 0 Å². The van der Waals surface area contributed by atoms with Crippen molar-refractivity contribution in [2.75, 3.05) is 12.3 Å². The summed E-state index contributed by atoms with van der Waals surface area (Å²) in [5.74, 6) is 1.31. The molecular formula is C12H15NO2S2. The van der Waals surface area contributed by atoms with Crippen LogP contribution in [0.25, 0.3) is 0 Å². The highest BCUT2D eigenvalue weighted by molar-refractivity contribution is 8.13. The Kier molecular flexibility index (Phi) is 4.23. The molecule has 0 spiro atoms. The molecule has 5 heteroatoms. The molecule has 0 N–H and O–H groups in total. The molecule has 1 aliphatic rings. The van der Waals surface area contributed by atoms with Gasteiger partial charge in [-0.3, -0.25) is 9.59 Å². The van der Waals surface area contributed by atoms with E-state index >= 15 is 0 Å². The van der Waals surface area contributed by atoms with E-state index in [9.17, 15) is 9.59 Å². The van der Waals surface area contributed by atoms with Crippen molar-refractivity contribution in [2.45, 2.75) is 19.9 Å². The van der Waals surface area contributed by atoms with E-state index < -0.39 is 0 Å². The highest BCUT2D eigenvalue weighted by Gasteiger charge is 2.29. The number of carbonyl (C=O) groups is 2. The molecule has 2 rings (SSSR count). The zero-order valence-corrected chi connectivity index (χ0v) is 11.4. The summed E-state index contributed by atoms with van der Waals surface area (Å²) in [4.78, 5) is 25.8. The van der Waals surface area contributed by atoms with Crippen molar-refractivity contribution >= 4 is 34.1 Å². The van der Waals surface area contributed by atoms with Crippen LogP contribution in [0, 0.1) is 5.92 Å². The quantitative estimate of drug-likeness (QED) is 0.842. The molecule has 2 heterocycles. The highest BCUT2D eigenvalue weighted by Crippen LogP contribution is 2.24. The first kappa shape index (κ1) is 12.6. The van der Waals surface area contributed by atoms with E-state index in [4.69, 9.17) is 0 Å². The fourth-order valence-corrected chi connectivity index (χ4v) is 3.36. The number of nitrogens with zero attached hydrogens (tertiary/aromatic N) is 1. The second kappa shape index (κ2) is 5.69. The molecule has 1 aromatic rings. The molecule has 92 valence electrons. The van der Waals surface area contributed by atoms with Gasteiger partial charge in [-0.15, -0.1) is 11.3 Å². The summed E-state index contributed by atoms with van der Waals surface area (Å²) >= 11 is 3.00. The zero-order chi connectivity index (χ0) is 12.3. The van der Waals surface area contributed by atoms with Gasteiger partial charge < -0.3 is 4.90 Å². The molecule has 0 saturated carbocycles. The Bertz CT molecular complexity index is 403. The van der Waals surface area contributed by atoms with Gasteiger partial charge in [-0.05, 0) is 17.4 Å². The van der Waals surface area contributed by atoms with E-state index in [1.54, 1.807) is 18.3 Å². The maximum atomic E-state index is 11.8. The predicted octanol–water partition coefficient (Wildman–Crippen LogP) is 2.38. The third-order valence-electron chi connectivity index (χ3n) is 2.74. The Morgan fingerprint density at radius 3 is 3.12 bits per heavy atom. The van der Waals surface area contributed by atoms with Gasteiger partial charge in [0.05, 0.1) is 6.54 Å². The van der Waals surface area contributed by atoms with Gasteiger partial charge in [0.1, 0.15) is 0 Å². The van der Waals surface area contributed by atoms with Crippen LogP contribution < -0.4 is 0 Å². The van der Waals surface area contributed by atoms with Crippen LogP contribution in [0.15, 0.2) is 17.5 Å². The lowest BCUT2D eigenvalue weighted by molar-refractivity contribution is -0.128. The smallest absolute Gasteiger partial charge is 0.223 e. The summed E-state index contributed by atoms with van der Waals surface area (Å²) < 4.78 is 0. The summed E-state index contributed by atoms with van der Waals surface area (Å²) in [5, 5.41) is 2.16. The van der Waals surface area contributed by atoms with Crippen LogP contribution in [0.5, 0.6) is 0 Å². The van der Waals surface area contributed by atoms with Gasteiger partial charge >= 0.3 is 0 Å². The lowest BCUT2D eigenvalue weighted by Gasteiger charge is -2.15. The van der Waals surface area contributed by atoms with Crippen LogP contribution in [0.2, 0.25) is 0 Å². The molecule has 1 saturated heterocycles. The van der Waals surface area contributed by atoms with Gasteiger partial charge in [-0.2, -0.15) is 0 Å². The minimum Gasteiger partial charge on any atom is -0.337 e. The lowest BCUT2D eigenvalue weighted by atomic mass is 10.1. The second-order valence-corrected chi connectivity index (χ2v) is 6.46. The van der Waals surface area contributed by atoms with E-state index in [0.29, 0.717) is 12.3 Å². The van der Waals surface area contributed by atoms with Gasteiger partial charge in [0.2, 0.25) is 5.91 Å². The summed E-state index contributed by atoms with van der Waals surface area (Å²) in [7, 11) is 0. The van der Waals surface area contributed by atoms with Crippen LogP contribution in [-0.4, -0.2) is 28.2 Å². The minimum atomic E-state index is 0.133. The third-order valence-corrected chi connectivity index (χ3v) is 4.65. The van der Waals surface area contributed by atoms with Crippen molar-refractivity contribution in [3.8, 4) is 0 Å². The molecule has 0 radical (unpaired) electrons. The van der Waals surface area contributed by atoms with Gasteiger partial charge in [0, 0.05) is 30.5 Å². The lowest BCUT2D eigenvalue weighted by Crippen LogP contribution is -2.24. The van der Waals surface area contributed by atoms with Crippen LogP contribution in [0.1, 0.15) is 18.2 Å². The summed E-state index contributed by atoms with van der Waals surface area (Å²) in [6.45, 7) is 3.08. The largest absolute Gasteiger partial charge is 0.337 e. The summed E-state index contributed by atoms with van der Waals surface area (Å²) in [6, 6.07) is 4.05. The van der Waals surface area contributed by atoms with Crippen LogP contribution in [0.4, 0.5) is 0 Å². The molecule has 0 aliphatic carbocycles. The number of carbonyl (C=O) groups excluding carboxylic acids is 2. The minimum absolute atomic E-state index is 0.133. The first-order valence-corrected chi connectivity index (χ1v) is 7.45. The molecule has 1 aliphatic heterocycles.